The molecule has 4 heteroatoms. The van der Waals surface area contributed by atoms with Gasteiger partial charge in [0.05, 0.1) is 5.75 Å². The number of hydrogen-bond acceptors (Lipinski definition) is 2. The number of benzene rings is 4. The summed E-state index contributed by atoms with van der Waals surface area (Å²) in [7, 11) is 0. The fraction of sp³-hybridized carbons (Fsp3) is 0.0800. The predicted octanol–water partition coefficient (Wildman–Crippen LogP) is 6.81. The molecule has 0 saturated carbocycles. The summed E-state index contributed by atoms with van der Waals surface area (Å²) in [6, 6.07) is 30.1. The number of carbonyl (C=O) groups is 1. The van der Waals surface area contributed by atoms with Crippen molar-refractivity contribution in [3.63, 3.8) is 0 Å². The molecule has 0 spiro atoms. The molecule has 0 aromatic heterocycles. The molecule has 4 rings (SSSR count). The zero-order valence-electron chi connectivity index (χ0n) is 15.8. The molecule has 0 aliphatic rings. The van der Waals surface area contributed by atoms with Crippen molar-refractivity contribution in [2.45, 2.75) is 11.3 Å². The molecule has 4 aromatic rings. The maximum Gasteiger partial charge on any atom is 0.234 e. The molecule has 0 aliphatic carbocycles. The van der Waals surface area contributed by atoms with E-state index in [1.165, 1.54) is 17.3 Å². The summed E-state index contributed by atoms with van der Waals surface area (Å²) < 4.78 is 0. The highest BCUT2D eigenvalue weighted by molar-refractivity contribution is 8.00. The Morgan fingerprint density at radius 3 is 2.38 bits per heavy atom. The van der Waals surface area contributed by atoms with Crippen LogP contribution in [0.5, 0.6) is 0 Å². The third-order valence-corrected chi connectivity index (χ3v) is 6.08. The van der Waals surface area contributed by atoms with E-state index in [1.807, 2.05) is 72.8 Å². The highest BCUT2D eigenvalue weighted by Crippen LogP contribution is 2.33. The van der Waals surface area contributed by atoms with E-state index in [0.717, 1.165) is 33.3 Å². The van der Waals surface area contributed by atoms with Gasteiger partial charge in [0.25, 0.3) is 0 Å². The second kappa shape index (κ2) is 9.17. The Labute approximate surface area is 179 Å². The lowest BCUT2D eigenvalue weighted by atomic mass is 10.0. The molecular weight excluding hydrogens is 398 g/mol. The van der Waals surface area contributed by atoms with Gasteiger partial charge in [-0.05, 0) is 41.1 Å². The number of nitrogens with one attached hydrogen (secondary N) is 1. The highest BCUT2D eigenvalue weighted by Gasteiger charge is 2.10. The predicted molar refractivity (Wildman–Crippen MR) is 124 cm³/mol. The lowest BCUT2D eigenvalue weighted by Gasteiger charge is -2.12. The van der Waals surface area contributed by atoms with Crippen molar-refractivity contribution in [1.29, 1.82) is 0 Å². The van der Waals surface area contributed by atoms with E-state index in [9.17, 15) is 4.79 Å². The van der Waals surface area contributed by atoms with Crippen molar-refractivity contribution < 1.29 is 4.79 Å². The quantitative estimate of drug-likeness (QED) is 0.349. The molecule has 0 saturated heterocycles. The Hall–Kier alpha value is -2.75. The normalized spacial score (nSPS) is 10.8. The Morgan fingerprint density at radius 2 is 1.55 bits per heavy atom. The first kappa shape index (κ1) is 19.6. The molecule has 0 fully saturated rings. The average molecular weight is 418 g/mol. The van der Waals surface area contributed by atoms with E-state index in [4.69, 9.17) is 11.6 Å². The van der Waals surface area contributed by atoms with Crippen molar-refractivity contribution in [2.75, 3.05) is 11.1 Å². The number of hydrogen-bond donors (Lipinski definition) is 1. The second-order valence-corrected chi connectivity index (χ2v) is 8.17. The first-order valence-corrected chi connectivity index (χ1v) is 10.8. The number of thioether (sulfide) groups is 1. The van der Waals surface area contributed by atoms with Crippen molar-refractivity contribution >= 4 is 45.7 Å². The largest absolute Gasteiger partial charge is 0.325 e. The first-order valence-electron chi connectivity index (χ1n) is 9.42. The Bertz CT molecular complexity index is 1140. The van der Waals surface area contributed by atoms with Gasteiger partial charge in [-0.1, -0.05) is 84.4 Å². The minimum Gasteiger partial charge on any atom is -0.325 e. The maximum atomic E-state index is 12.6. The number of rotatable bonds is 6. The number of amides is 1. The summed E-state index contributed by atoms with van der Waals surface area (Å²) >= 11 is 7.90. The lowest BCUT2D eigenvalue weighted by molar-refractivity contribution is -0.113. The molecular formula is C25H20ClNOS. The molecule has 0 unspecified atom stereocenters. The summed E-state index contributed by atoms with van der Waals surface area (Å²) in [6.45, 7) is 0. The van der Waals surface area contributed by atoms with Crippen molar-refractivity contribution in [2.24, 2.45) is 0 Å². The average Bonchev–Trinajstić information content (AvgIpc) is 2.74. The van der Waals surface area contributed by atoms with Gasteiger partial charge in [0.2, 0.25) is 5.91 Å². The van der Waals surface area contributed by atoms with Crippen LogP contribution >= 0.6 is 23.4 Å². The molecule has 0 heterocycles. The monoisotopic (exact) mass is 417 g/mol. The second-order valence-electron chi connectivity index (χ2n) is 6.75. The topological polar surface area (TPSA) is 29.1 Å². The SMILES string of the molecule is O=C(CSc1cccc2cccc(Cl)c12)Nc1ccccc1Cc1ccccc1. The van der Waals surface area contributed by atoms with E-state index in [-0.39, 0.29) is 5.91 Å². The van der Waals surface area contributed by atoms with Gasteiger partial charge in [-0.15, -0.1) is 11.8 Å². The molecule has 144 valence electrons. The van der Waals surface area contributed by atoms with Crippen LogP contribution < -0.4 is 5.32 Å². The number of carbonyl (C=O) groups excluding carboxylic acids is 1. The molecule has 0 atom stereocenters. The van der Waals surface area contributed by atoms with Gasteiger partial charge in [-0.25, -0.2) is 0 Å². The van der Waals surface area contributed by atoms with Gasteiger partial charge in [0, 0.05) is 21.0 Å². The number of para-hydroxylation sites is 1. The zero-order chi connectivity index (χ0) is 20.1. The zero-order valence-corrected chi connectivity index (χ0v) is 17.3. The van der Waals surface area contributed by atoms with Gasteiger partial charge in [-0.3, -0.25) is 4.79 Å². The van der Waals surface area contributed by atoms with Crippen LogP contribution in [0.1, 0.15) is 11.1 Å². The van der Waals surface area contributed by atoms with Gasteiger partial charge in [0.15, 0.2) is 0 Å². The Kier molecular flexibility index (Phi) is 6.18. The van der Waals surface area contributed by atoms with Crippen LogP contribution in [-0.2, 0) is 11.2 Å². The van der Waals surface area contributed by atoms with Crippen molar-refractivity contribution in [1.82, 2.24) is 0 Å². The van der Waals surface area contributed by atoms with E-state index < -0.39 is 0 Å². The van der Waals surface area contributed by atoms with Gasteiger partial charge in [-0.2, -0.15) is 0 Å². The third kappa shape index (κ3) is 4.81. The molecule has 29 heavy (non-hydrogen) atoms. The summed E-state index contributed by atoms with van der Waals surface area (Å²) in [5, 5.41) is 5.86. The van der Waals surface area contributed by atoms with Crippen LogP contribution in [0.2, 0.25) is 5.02 Å². The molecule has 0 radical (unpaired) electrons. The lowest BCUT2D eigenvalue weighted by Crippen LogP contribution is -2.15. The Balaban J connectivity index is 1.46. The first-order chi connectivity index (χ1) is 14.2. The van der Waals surface area contributed by atoms with Crippen molar-refractivity contribution in [3.8, 4) is 0 Å². The van der Waals surface area contributed by atoms with E-state index in [0.29, 0.717) is 10.8 Å². The van der Waals surface area contributed by atoms with E-state index in [1.54, 1.807) is 0 Å². The van der Waals surface area contributed by atoms with Crippen LogP contribution in [0, 0.1) is 0 Å². The summed E-state index contributed by atoms with van der Waals surface area (Å²) in [5.41, 5.74) is 3.18. The number of halogens is 1. The maximum absolute atomic E-state index is 12.6. The third-order valence-electron chi connectivity index (χ3n) is 4.70. The highest BCUT2D eigenvalue weighted by atomic mass is 35.5. The summed E-state index contributed by atoms with van der Waals surface area (Å²) in [6.07, 6.45) is 0.781. The van der Waals surface area contributed by atoms with Crippen LogP contribution in [-0.4, -0.2) is 11.7 Å². The molecule has 1 amide bonds. The standard InChI is InChI=1S/C25H20ClNOS/c26-21-13-6-11-19-12-7-15-23(25(19)21)29-17-24(28)27-22-14-5-4-10-20(22)16-18-8-2-1-3-9-18/h1-15H,16-17H2,(H,27,28). The smallest absolute Gasteiger partial charge is 0.234 e. The van der Waals surface area contributed by atoms with Crippen LogP contribution in [0.4, 0.5) is 5.69 Å². The number of fused-ring (bicyclic) bond motifs is 1. The van der Waals surface area contributed by atoms with E-state index in [2.05, 4.69) is 23.5 Å². The van der Waals surface area contributed by atoms with Crippen LogP contribution in [0.3, 0.4) is 0 Å². The van der Waals surface area contributed by atoms with Crippen LogP contribution in [0.15, 0.2) is 95.9 Å². The van der Waals surface area contributed by atoms with Gasteiger partial charge in [0.1, 0.15) is 0 Å². The molecule has 1 N–H and O–H groups in total. The minimum atomic E-state index is -0.0282. The fourth-order valence-corrected chi connectivity index (χ4v) is 4.57. The van der Waals surface area contributed by atoms with E-state index >= 15 is 0 Å². The number of anilines is 1. The van der Waals surface area contributed by atoms with Crippen LogP contribution in [0.25, 0.3) is 10.8 Å². The summed E-state index contributed by atoms with van der Waals surface area (Å²) in [5.74, 6) is 0.295. The fourth-order valence-electron chi connectivity index (χ4n) is 3.32. The molecule has 0 aliphatic heterocycles. The van der Waals surface area contributed by atoms with Gasteiger partial charge >= 0.3 is 0 Å². The molecule has 0 bridgehead atoms. The van der Waals surface area contributed by atoms with Gasteiger partial charge < -0.3 is 5.32 Å². The minimum absolute atomic E-state index is 0.0282. The van der Waals surface area contributed by atoms with Crippen molar-refractivity contribution in [3.05, 3.63) is 107 Å². The molecule has 2 nitrogen and oxygen atoms in total. The Morgan fingerprint density at radius 1 is 0.828 bits per heavy atom. The summed E-state index contributed by atoms with van der Waals surface area (Å²) in [4.78, 5) is 13.7. The molecule has 4 aromatic carbocycles.